The molecule has 0 aliphatic rings. The predicted octanol–water partition coefficient (Wildman–Crippen LogP) is 3.19. The van der Waals surface area contributed by atoms with Gasteiger partial charge in [0.2, 0.25) is 0 Å². The third-order valence-electron chi connectivity index (χ3n) is 2.95. The average molecular weight is 291 g/mol. The summed E-state index contributed by atoms with van der Waals surface area (Å²) in [6.45, 7) is 2.06. The molecule has 2 rings (SSSR count). The molecule has 0 saturated carbocycles. The second kappa shape index (κ2) is 7.36. The molecule has 5 heteroatoms. The Morgan fingerprint density at radius 3 is 2.85 bits per heavy atom. The lowest BCUT2D eigenvalue weighted by molar-refractivity contribution is 0.602. The monoisotopic (exact) mass is 291 g/mol. The van der Waals surface area contributed by atoms with Gasteiger partial charge in [0, 0.05) is 29.2 Å². The van der Waals surface area contributed by atoms with Gasteiger partial charge in [-0.25, -0.2) is 14.4 Å². The molecule has 20 heavy (non-hydrogen) atoms. The Hall–Kier alpha value is -1.46. The van der Waals surface area contributed by atoms with Crippen molar-refractivity contribution in [2.24, 2.45) is 5.73 Å². The van der Waals surface area contributed by atoms with Gasteiger partial charge in [-0.2, -0.15) is 0 Å². The highest BCUT2D eigenvalue weighted by molar-refractivity contribution is 7.98. The molecule has 0 radical (unpaired) electrons. The van der Waals surface area contributed by atoms with Gasteiger partial charge in [-0.05, 0) is 24.6 Å². The standard InChI is InChI=1S/C15H18FN3S/c1-2-11(17)9-12-7-8-18-15(19-12)10-20-14-6-4-3-5-13(14)16/h3-8,11H,2,9-10,17H2,1H3. The first-order valence-corrected chi connectivity index (χ1v) is 7.61. The highest BCUT2D eigenvalue weighted by Gasteiger charge is 2.06. The fourth-order valence-corrected chi connectivity index (χ4v) is 2.55. The Balaban J connectivity index is 2.00. The summed E-state index contributed by atoms with van der Waals surface area (Å²) in [5.74, 6) is 1.05. The fraction of sp³-hybridized carbons (Fsp3) is 0.333. The second-order valence-corrected chi connectivity index (χ2v) is 5.57. The van der Waals surface area contributed by atoms with Crippen LogP contribution in [-0.2, 0) is 12.2 Å². The maximum atomic E-state index is 13.5. The molecule has 0 aliphatic heterocycles. The van der Waals surface area contributed by atoms with Crippen molar-refractivity contribution in [2.75, 3.05) is 0 Å². The van der Waals surface area contributed by atoms with E-state index in [1.54, 1.807) is 18.3 Å². The molecule has 0 spiro atoms. The van der Waals surface area contributed by atoms with E-state index in [0.717, 1.165) is 18.5 Å². The van der Waals surface area contributed by atoms with Crippen LogP contribution in [0.3, 0.4) is 0 Å². The minimum absolute atomic E-state index is 0.122. The van der Waals surface area contributed by atoms with Crippen LogP contribution >= 0.6 is 11.8 Å². The van der Waals surface area contributed by atoms with E-state index in [-0.39, 0.29) is 11.9 Å². The van der Waals surface area contributed by atoms with Crippen LogP contribution in [0.2, 0.25) is 0 Å². The average Bonchev–Trinajstić information content (AvgIpc) is 2.47. The van der Waals surface area contributed by atoms with Crippen LogP contribution in [0, 0.1) is 5.82 Å². The molecule has 0 saturated heterocycles. The van der Waals surface area contributed by atoms with Gasteiger partial charge in [0.15, 0.2) is 0 Å². The topological polar surface area (TPSA) is 51.8 Å². The largest absolute Gasteiger partial charge is 0.327 e. The van der Waals surface area contributed by atoms with Crippen LogP contribution in [0.25, 0.3) is 0 Å². The van der Waals surface area contributed by atoms with Gasteiger partial charge in [0.25, 0.3) is 0 Å². The van der Waals surface area contributed by atoms with E-state index in [1.165, 1.54) is 17.8 Å². The Labute approximate surface area is 122 Å². The molecule has 2 N–H and O–H groups in total. The van der Waals surface area contributed by atoms with Crippen LogP contribution in [0.1, 0.15) is 24.9 Å². The molecular formula is C15H18FN3S. The molecular weight excluding hydrogens is 273 g/mol. The Morgan fingerprint density at radius 1 is 1.30 bits per heavy atom. The first-order valence-electron chi connectivity index (χ1n) is 6.62. The number of nitrogens with two attached hydrogens (primary N) is 1. The van der Waals surface area contributed by atoms with Crippen molar-refractivity contribution in [3.05, 3.63) is 53.9 Å². The third kappa shape index (κ3) is 4.28. The van der Waals surface area contributed by atoms with Crippen LogP contribution < -0.4 is 5.73 Å². The Bertz CT molecular complexity index is 562. The van der Waals surface area contributed by atoms with Gasteiger partial charge in [0.05, 0.1) is 5.75 Å². The highest BCUT2D eigenvalue weighted by Crippen LogP contribution is 2.23. The van der Waals surface area contributed by atoms with E-state index in [1.807, 2.05) is 12.1 Å². The van der Waals surface area contributed by atoms with Gasteiger partial charge in [-0.15, -0.1) is 11.8 Å². The van der Waals surface area contributed by atoms with Crippen LogP contribution in [-0.4, -0.2) is 16.0 Å². The van der Waals surface area contributed by atoms with E-state index in [9.17, 15) is 4.39 Å². The first-order chi connectivity index (χ1) is 9.69. The molecule has 1 aromatic carbocycles. The van der Waals surface area contributed by atoms with Gasteiger partial charge < -0.3 is 5.73 Å². The fourth-order valence-electron chi connectivity index (χ4n) is 1.74. The molecule has 3 nitrogen and oxygen atoms in total. The molecule has 2 aromatic rings. The maximum absolute atomic E-state index is 13.5. The highest BCUT2D eigenvalue weighted by atomic mass is 32.2. The van der Waals surface area contributed by atoms with E-state index in [4.69, 9.17) is 5.73 Å². The maximum Gasteiger partial charge on any atom is 0.138 e. The van der Waals surface area contributed by atoms with Crippen LogP contribution in [0.15, 0.2) is 41.4 Å². The zero-order chi connectivity index (χ0) is 14.4. The van der Waals surface area contributed by atoms with E-state index < -0.39 is 0 Å². The predicted molar refractivity (Wildman–Crippen MR) is 80.0 cm³/mol. The number of thioether (sulfide) groups is 1. The molecule has 0 fully saturated rings. The summed E-state index contributed by atoms with van der Waals surface area (Å²) in [7, 11) is 0. The molecule has 106 valence electrons. The van der Waals surface area contributed by atoms with E-state index in [0.29, 0.717) is 16.5 Å². The molecule has 1 unspecified atom stereocenters. The normalized spacial score (nSPS) is 12.3. The third-order valence-corrected chi connectivity index (χ3v) is 4.00. The summed E-state index contributed by atoms with van der Waals surface area (Å²) in [6.07, 6.45) is 3.40. The first kappa shape index (κ1) is 14.9. The van der Waals surface area contributed by atoms with Crippen molar-refractivity contribution in [3.63, 3.8) is 0 Å². The lowest BCUT2D eigenvalue weighted by Crippen LogP contribution is -2.22. The molecule has 0 aliphatic carbocycles. The number of hydrogen-bond donors (Lipinski definition) is 1. The summed E-state index contributed by atoms with van der Waals surface area (Å²) in [5, 5.41) is 0. The summed E-state index contributed by atoms with van der Waals surface area (Å²) >= 11 is 1.40. The minimum Gasteiger partial charge on any atom is -0.327 e. The molecule has 1 aromatic heterocycles. The van der Waals surface area contributed by atoms with Crippen molar-refractivity contribution in [1.82, 2.24) is 9.97 Å². The quantitative estimate of drug-likeness (QED) is 0.830. The lowest BCUT2D eigenvalue weighted by Gasteiger charge is -2.08. The smallest absolute Gasteiger partial charge is 0.138 e. The zero-order valence-electron chi connectivity index (χ0n) is 11.4. The van der Waals surface area contributed by atoms with Crippen molar-refractivity contribution in [2.45, 2.75) is 36.5 Å². The van der Waals surface area contributed by atoms with Crippen LogP contribution in [0.5, 0.6) is 0 Å². The van der Waals surface area contributed by atoms with Gasteiger partial charge in [0.1, 0.15) is 11.6 Å². The zero-order valence-corrected chi connectivity index (χ0v) is 12.2. The molecule has 0 bridgehead atoms. The summed E-state index contributed by atoms with van der Waals surface area (Å²) in [6, 6.07) is 8.73. The lowest BCUT2D eigenvalue weighted by atomic mass is 10.1. The number of rotatable bonds is 6. The SMILES string of the molecule is CCC(N)Cc1ccnc(CSc2ccccc2F)n1. The number of halogens is 1. The van der Waals surface area contributed by atoms with Gasteiger partial charge in [-0.3, -0.25) is 0 Å². The number of aromatic nitrogens is 2. The van der Waals surface area contributed by atoms with Crippen molar-refractivity contribution >= 4 is 11.8 Å². The Morgan fingerprint density at radius 2 is 2.10 bits per heavy atom. The minimum atomic E-state index is -0.207. The molecule has 1 heterocycles. The number of benzene rings is 1. The summed E-state index contributed by atoms with van der Waals surface area (Å²) in [4.78, 5) is 9.31. The number of nitrogens with zero attached hydrogens (tertiary/aromatic N) is 2. The molecule has 0 amide bonds. The van der Waals surface area contributed by atoms with Crippen LogP contribution in [0.4, 0.5) is 4.39 Å². The van der Waals surface area contributed by atoms with Gasteiger partial charge >= 0.3 is 0 Å². The molecule has 1 atom stereocenters. The van der Waals surface area contributed by atoms with Crippen molar-refractivity contribution in [1.29, 1.82) is 0 Å². The van der Waals surface area contributed by atoms with E-state index >= 15 is 0 Å². The summed E-state index contributed by atoms with van der Waals surface area (Å²) in [5.41, 5.74) is 6.87. The van der Waals surface area contributed by atoms with E-state index in [2.05, 4.69) is 16.9 Å². The number of hydrogen-bond acceptors (Lipinski definition) is 4. The summed E-state index contributed by atoms with van der Waals surface area (Å²) < 4.78 is 13.5. The van der Waals surface area contributed by atoms with Gasteiger partial charge in [-0.1, -0.05) is 19.1 Å². The second-order valence-electron chi connectivity index (χ2n) is 4.56. The Kier molecular flexibility index (Phi) is 5.49. The van der Waals surface area contributed by atoms with Crippen molar-refractivity contribution in [3.8, 4) is 0 Å². The van der Waals surface area contributed by atoms with Crippen molar-refractivity contribution < 1.29 is 4.39 Å².